The van der Waals surface area contributed by atoms with Crippen molar-refractivity contribution in [2.45, 2.75) is 30.8 Å². The average molecular weight is 327 g/mol. The minimum atomic E-state index is -2.95. The Kier molecular flexibility index (Phi) is 5.29. The molecule has 2 rings (SSSR count). The van der Waals surface area contributed by atoms with Crippen LogP contribution in [0.1, 0.15) is 19.0 Å². The molecule has 0 aromatic carbocycles. The molecule has 0 bridgehead atoms. The number of hydrogen-bond acceptors (Lipinski definition) is 5. The summed E-state index contributed by atoms with van der Waals surface area (Å²) >= 11 is 1.49. The van der Waals surface area contributed by atoms with Gasteiger partial charge in [-0.15, -0.1) is 11.8 Å². The van der Waals surface area contributed by atoms with Crippen LogP contribution in [0.15, 0.2) is 29.4 Å². The van der Waals surface area contributed by atoms with Crippen LogP contribution in [0, 0.1) is 0 Å². The Morgan fingerprint density at radius 3 is 2.86 bits per heavy atom. The first kappa shape index (κ1) is 16.3. The van der Waals surface area contributed by atoms with Gasteiger partial charge in [-0.3, -0.25) is 0 Å². The molecule has 0 radical (unpaired) electrons. The first-order chi connectivity index (χ1) is 9.90. The van der Waals surface area contributed by atoms with Gasteiger partial charge in [-0.05, 0) is 18.6 Å². The second-order valence-corrected chi connectivity index (χ2v) is 8.49. The zero-order chi connectivity index (χ0) is 15.5. The summed E-state index contributed by atoms with van der Waals surface area (Å²) in [4.78, 5) is 4.60. The van der Waals surface area contributed by atoms with E-state index in [2.05, 4.69) is 11.9 Å². The molecule has 5 nitrogen and oxygen atoms in total. The van der Waals surface area contributed by atoms with Crippen molar-refractivity contribution in [3.63, 3.8) is 0 Å². The lowest BCUT2D eigenvalue weighted by Gasteiger charge is -2.10. The Morgan fingerprint density at radius 2 is 2.19 bits per heavy atom. The van der Waals surface area contributed by atoms with Gasteiger partial charge >= 0.3 is 0 Å². The molecule has 0 aliphatic rings. The van der Waals surface area contributed by atoms with Gasteiger partial charge in [0.2, 0.25) is 0 Å². The molecule has 2 heterocycles. The summed E-state index contributed by atoms with van der Waals surface area (Å²) in [6.45, 7) is 2.06. The minimum Gasteiger partial charge on any atom is -0.327 e. The summed E-state index contributed by atoms with van der Waals surface area (Å²) < 4.78 is 24.5. The summed E-state index contributed by atoms with van der Waals surface area (Å²) in [7, 11) is -2.95. The van der Waals surface area contributed by atoms with E-state index in [-0.39, 0.29) is 11.8 Å². The van der Waals surface area contributed by atoms with Crippen molar-refractivity contribution >= 4 is 27.2 Å². The maximum Gasteiger partial charge on any atom is 0.148 e. The van der Waals surface area contributed by atoms with Crippen LogP contribution in [0.2, 0.25) is 0 Å². The number of imidazole rings is 1. The molecule has 1 unspecified atom stereocenters. The fourth-order valence-electron chi connectivity index (χ4n) is 2.01. The van der Waals surface area contributed by atoms with Gasteiger partial charge in [0, 0.05) is 30.7 Å². The van der Waals surface area contributed by atoms with Crippen LogP contribution in [0.3, 0.4) is 0 Å². The third-order valence-electron chi connectivity index (χ3n) is 3.26. The van der Waals surface area contributed by atoms with Gasteiger partial charge in [0.15, 0.2) is 0 Å². The van der Waals surface area contributed by atoms with E-state index in [0.717, 1.165) is 29.2 Å². The van der Waals surface area contributed by atoms with Crippen LogP contribution in [0.25, 0.3) is 5.65 Å². The smallest absolute Gasteiger partial charge is 0.148 e. The van der Waals surface area contributed by atoms with Crippen LogP contribution < -0.4 is 5.73 Å². The van der Waals surface area contributed by atoms with Crippen LogP contribution in [-0.4, -0.2) is 41.6 Å². The monoisotopic (exact) mass is 327 g/mol. The van der Waals surface area contributed by atoms with E-state index in [4.69, 9.17) is 5.73 Å². The highest BCUT2D eigenvalue weighted by atomic mass is 32.2. The molecule has 2 aromatic rings. The van der Waals surface area contributed by atoms with E-state index in [1.54, 1.807) is 0 Å². The second kappa shape index (κ2) is 6.81. The molecule has 21 heavy (non-hydrogen) atoms. The molecule has 0 saturated carbocycles. The van der Waals surface area contributed by atoms with Gasteiger partial charge in [-0.25, -0.2) is 13.4 Å². The van der Waals surface area contributed by atoms with Gasteiger partial charge < -0.3 is 10.1 Å². The molecular weight excluding hydrogens is 306 g/mol. The van der Waals surface area contributed by atoms with Crippen molar-refractivity contribution in [2.75, 3.05) is 17.8 Å². The summed E-state index contributed by atoms with van der Waals surface area (Å²) in [6.07, 6.45) is 4.86. The van der Waals surface area contributed by atoms with Gasteiger partial charge in [0.1, 0.15) is 20.5 Å². The Balaban J connectivity index is 2.26. The Labute approximate surface area is 129 Å². The van der Waals surface area contributed by atoms with Crippen LogP contribution in [0.4, 0.5) is 0 Å². The molecule has 0 fully saturated rings. The second-order valence-electron chi connectivity index (χ2n) is 5.14. The minimum absolute atomic E-state index is 0.0827. The largest absolute Gasteiger partial charge is 0.327 e. The van der Waals surface area contributed by atoms with Crippen molar-refractivity contribution in [1.82, 2.24) is 9.38 Å². The summed E-state index contributed by atoms with van der Waals surface area (Å²) in [5, 5.41) is 0.883. The van der Waals surface area contributed by atoms with Crippen LogP contribution >= 0.6 is 11.8 Å². The summed E-state index contributed by atoms with van der Waals surface area (Å²) in [5.74, 6) is 0.669. The Morgan fingerprint density at radius 1 is 1.43 bits per heavy atom. The highest BCUT2D eigenvalue weighted by molar-refractivity contribution is 8.00. The zero-order valence-electron chi connectivity index (χ0n) is 12.3. The summed E-state index contributed by atoms with van der Waals surface area (Å²) in [6, 6.07) is 5.93. The van der Waals surface area contributed by atoms with Gasteiger partial charge in [-0.1, -0.05) is 13.0 Å². The predicted molar refractivity (Wildman–Crippen MR) is 87.6 cm³/mol. The first-order valence-corrected chi connectivity index (χ1v) is 9.97. The molecule has 0 amide bonds. The molecule has 0 saturated heterocycles. The molecular formula is C14H21N3O2S2. The maximum absolute atomic E-state index is 11.2. The van der Waals surface area contributed by atoms with Crippen molar-refractivity contribution < 1.29 is 8.42 Å². The number of rotatable bonds is 7. The Bertz CT molecular complexity index is 710. The number of pyridine rings is 1. The summed E-state index contributed by atoms with van der Waals surface area (Å²) in [5.41, 5.74) is 8.02. The van der Waals surface area contributed by atoms with Crippen molar-refractivity contribution in [3.8, 4) is 0 Å². The van der Waals surface area contributed by atoms with E-state index >= 15 is 0 Å². The molecule has 1 atom stereocenters. The molecule has 2 aromatic heterocycles. The average Bonchev–Trinajstić information content (AvgIpc) is 2.75. The topological polar surface area (TPSA) is 77.5 Å². The molecule has 0 aliphatic carbocycles. The number of nitrogens with zero attached hydrogens (tertiary/aromatic N) is 2. The van der Waals surface area contributed by atoms with Crippen LogP contribution in [-0.2, 0) is 16.3 Å². The molecule has 7 heteroatoms. The highest BCUT2D eigenvalue weighted by Gasteiger charge is 2.15. The third kappa shape index (κ3) is 4.46. The van der Waals surface area contributed by atoms with E-state index in [9.17, 15) is 8.42 Å². The number of thioether (sulfide) groups is 1. The lowest BCUT2D eigenvalue weighted by Crippen LogP contribution is -2.22. The van der Waals surface area contributed by atoms with E-state index < -0.39 is 9.84 Å². The predicted octanol–water partition coefficient (Wildman–Crippen LogP) is 1.75. The van der Waals surface area contributed by atoms with Gasteiger partial charge in [0.25, 0.3) is 0 Å². The fraction of sp³-hybridized carbons (Fsp3) is 0.500. The lowest BCUT2D eigenvalue weighted by molar-refractivity contribution is 0.603. The number of sulfone groups is 1. The van der Waals surface area contributed by atoms with E-state index in [1.807, 2.05) is 28.8 Å². The van der Waals surface area contributed by atoms with Crippen molar-refractivity contribution in [2.24, 2.45) is 5.73 Å². The fourth-order valence-corrected chi connectivity index (χ4v) is 4.25. The van der Waals surface area contributed by atoms with Crippen molar-refractivity contribution in [3.05, 3.63) is 30.1 Å². The first-order valence-electron chi connectivity index (χ1n) is 6.92. The van der Waals surface area contributed by atoms with Gasteiger partial charge in [-0.2, -0.15) is 0 Å². The quantitative estimate of drug-likeness (QED) is 0.784. The molecule has 0 spiro atoms. The number of nitrogens with two attached hydrogens (primary N) is 1. The Hall–Kier alpha value is -1.05. The van der Waals surface area contributed by atoms with Crippen LogP contribution in [0.5, 0.6) is 0 Å². The van der Waals surface area contributed by atoms with E-state index in [1.165, 1.54) is 18.0 Å². The zero-order valence-corrected chi connectivity index (χ0v) is 14.0. The third-order valence-corrected chi connectivity index (χ3v) is 5.48. The molecule has 2 N–H and O–H groups in total. The maximum atomic E-state index is 11.2. The van der Waals surface area contributed by atoms with E-state index in [0.29, 0.717) is 5.75 Å². The van der Waals surface area contributed by atoms with Crippen molar-refractivity contribution in [1.29, 1.82) is 0 Å². The number of hydrogen-bond donors (Lipinski definition) is 1. The standard InChI is InChI=1S/C14H21N3O2S2/c1-3-11(15)10-12-14(20-8-9-21(2,18)19)16-13-6-4-5-7-17(12)13/h4-7,11H,3,8-10,15H2,1-2H3. The number of fused-ring (bicyclic) bond motifs is 1. The number of aromatic nitrogens is 2. The SMILES string of the molecule is CCC(N)Cc1c(SCCS(C)(=O)=O)nc2ccccn12. The molecule has 116 valence electrons. The van der Waals surface area contributed by atoms with Gasteiger partial charge in [0.05, 0.1) is 11.4 Å². The molecule has 0 aliphatic heterocycles. The lowest BCUT2D eigenvalue weighted by atomic mass is 10.1. The normalized spacial score (nSPS) is 13.7. The highest BCUT2D eigenvalue weighted by Crippen LogP contribution is 2.25.